The van der Waals surface area contributed by atoms with Crippen LogP contribution in [0, 0.1) is 0 Å². The number of nitrogens with zero attached hydrogens (tertiary/aromatic N) is 2. The number of aliphatic hydroxyl groups is 1. The third kappa shape index (κ3) is 5.44. The molecule has 21 heavy (non-hydrogen) atoms. The van der Waals surface area contributed by atoms with Crippen LogP contribution in [-0.2, 0) is 6.42 Å². The van der Waals surface area contributed by atoms with Crippen molar-refractivity contribution in [3.63, 3.8) is 0 Å². The minimum atomic E-state index is -0.687. The fourth-order valence-corrected chi connectivity index (χ4v) is 3.13. The Morgan fingerprint density at radius 2 is 2.10 bits per heavy atom. The lowest BCUT2D eigenvalue weighted by Gasteiger charge is -2.24. The summed E-state index contributed by atoms with van der Waals surface area (Å²) in [6.07, 6.45) is 9.96. The zero-order valence-electron chi connectivity index (χ0n) is 13.8. The van der Waals surface area contributed by atoms with Crippen molar-refractivity contribution in [1.82, 2.24) is 15.1 Å². The Kier molecular flexibility index (Phi) is 5.82. The highest BCUT2D eigenvalue weighted by molar-refractivity contribution is 5.04. The van der Waals surface area contributed by atoms with E-state index in [1.807, 2.05) is 6.92 Å². The van der Waals surface area contributed by atoms with Crippen molar-refractivity contribution >= 4 is 0 Å². The summed E-state index contributed by atoms with van der Waals surface area (Å²) >= 11 is 0. The van der Waals surface area contributed by atoms with Crippen molar-refractivity contribution in [2.45, 2.75) is 83.4 Å². The number of rotatable bonds is 7. The molecular formula is C17H31N3O. The van der Waals surface area contributed by atoms with E-state index in [1.165, 1.54) is 32.1 Å². The smallest absolute Gasteiger partial charge is 0.0687 e. The fraction of sp³-hybridized carbons (Fsp3) is 0.824. The molecule has 1 saturated carbocycles. The summed E-state index contributed by atoms with van der Waals surface area (Å²) in [5.41, 5.74) is 0.323. The van der Waals surface area contributed by atoms with Crippen LogP contribution >= 0.6 is 0 Å². The van der Waals surface area contributed by atoms with Crippen molar-refractivity contribution in [3.05, 3.63) is 18.0 Å². The van der Waals surface area contributed by atoms with E-state index in [4.69, 9.17) is 5.10 Å². The second-order valence-corrected chi connectivity index (χ2v) is 7.11. The highest BCUT2D eigenvalue weighted by Gasteiger charge is 2.23. The summed E-state index contributed by atoms with van der Waals surface area (Å²) in [7, 11) is 0. The van der Waals surface area contributed by atoms with Gasteiger partial charge in [0.1, 0.15) is 0 Å². The third-order valence-electron chi connectivity index (χ3n) is 4.39. The zero-order chi connectivity index (χ0) is 15.3. The Hall–Kier alpha value is -0.870. The Labute approximate surface area is 128 Å². The van der Waals surface area contributed by atoms with Gasteiger partial charge in [-0.1, -0.05) is 33.1 Å². The van der Waals surface area contributed by atoms with Crippen molar-refractivity contribution < 1.29 is 5.11 Å². The molecule has 1 aromatic rings. The van der Waals surface area contributed by atoms with E-state index in [2.05, 4.69) is 36.1 Å². The maximum absolute atomic E-state index is 10.5. The van der Waals surface area contributed by atoms with Crippen molar-refractivity contribution in [2.75, 3.05) is 6.54 Å². The summed E-state index contributed by atoms with van der Waals surface area (Å²) in [6.45, 7) is 7.00. The predicted octanol–water partition coefficient (Wildman–Crippen LogP) is 3.07. The van der Waals surface area contributed by atoms with Gasteiger partial charge >= 0.3 is 0 Å². The minimum Gasteiger partial charge on any atom is -0.390 e. The van der Waals surface area contributed by atoms with Gasteiger partial charge in [-0.3, -0.25) is 4.68 Å². The van der Waals surface area contributed by atoms with Gasteiger partial charge in [0, 0.05) is 18.7 Å². The molecule has 4 nitrogen and oxygen atoms in total. The quantitative estimate of drug-likeness (QED) is 0.812. The molecule has 0 aliphatic heterocycles. The molecule has 1 fully saturated rings. The first kappa shape index (κ1) is 16.5. The van der Waals surface area contributed by atoms with Crippen LogP contribution in [0.25, 0.3) is 0 Å². The summed E-state index contributed by atoms with van der Waals surface area (Å²) in [5.74, 6) is 0. The van der Waals surface area contributed by atoms with Crippen LogP contribution in [-0.4, -0.2) is 33.1 Å². The van der Waals surface area contributed by atoms with Gasteiger partial charge in [0.2, 0.25) is 0 Å². The van der Waals surface area contributed by atoms with Gasteiger partial charge in [-0.05, 0) is 38.8 Å². The zero-order valence-corrected chi connectivity index (χ0v) is 13.8. The van der Waals surface area contributed by atoms with Crippen molar-refractivity contribution in [2.24, 2.45) is 0 Å². The van der Waals surface area contributed by atoms with Gasteiger partial charge in [0.25, 0.3) is 0 Å². The molecule has 0 amide bonds. The van der Waals surface area contributed by atoms with E-state index in [0.29, 0.717) is 18.5 Å². The normalized spacial score (nSPS) is 19.9. The number of aromatic nitrogens is 2. The molecule has 1 atom stereocenters. The van der Waals surface area contributed by atoms with Gasteiger partial charge in [-0.25, -0.2) is 0 Å². The summed E-state index contributed by atoms with van der Waals surface area (Å²) in [5, 5.41) is 18.6. The second kappa shape index (κ2) is 7.41. The van der Waals surface area contributed by atoms with E-state index in [1.54, 1.807) is 0 Å². The van der Waals surface area contributed by atoms with Crippen LogP contribution in [0.5, 0.6) is 0 Å². The summed E-state index contributed by atoms with van der Waals surface area (Å²) < 4.78 is 2.12. The average Bonchev–Trinajstić information content (AvgIpc) is 2.86. The Morgan fingerprint density at radius 1 is 1.38 bits per heavy atom. The van der Waals surface area contributed by atoms with E-state index in [9.17, 15) is 5.11 Å². The van der Waals surface area contributed by atoms with Crippen LogP contribution in [0.3, 0.4) is 0 Å². The van der Waals surface area contributed by atoms with Gasteiger partial charge in [0.05, 0.1) is 17.3 Å². The molecule has 1 aromatic heterocycles. The topological polar surface area (TPSA) is 50.1 Å². The standard InChI is InChI=1S/C17H31N3O/c1-14(2)18-11-10-17(3,21)13-15-9-12-20(19-15)16-7-5-4-6-8-16/h9,12,14,16,18,21H,4-8,10-11,13H2,1-3H3. The fourth-order valence-electron chi connectivity index (χ4n) is 3.13. The molecule has 1 unspecified atom stereocenters. The van der Waals surface area contributed by atoms with Gasteiger partial charge in [-0.15, -0.1) is 0 Å². The molecule has 0 spiro atoms. The molecule has 1 aliphatic rings. The predicted molar refractivity (Wildman–Crippen MR) is 86.4 cm³/mol. The van der Waals surface area contributed by atoms with Crippen molar-refractivity contribution in [3.8, 4) is 0 Å². The van der Waals surface area contributed by atoms with Gasteiger partial charge in [0.15, 0.2) is 0 Å². The molecule has 2 N–H and O–H groups in total. The molecule has 1 aliphatic carbocycles. The van der Waals surface area contributed by atoms with Crippen LogP contribution < -0.4 is 5.32 Å². The van der Waals surface area contributed by atoms with Crippen LogP contribution in [0.2, 0.25) is 0 Å². The molecule has 120 valence electrons. The van der Waals surface area contributed by atoms with Gasteiger partial charge < -0.3 is 10.4 Å². The minimum absolute atomic E-state index is 0.464. The maximum atomic E-state index is 10.5. The number of hydrogen-bond donors (Lipinski definition) is 2. The first-order valence-corrected chi connectivity index (χ1v) is 8.46. The molecule has 4 heteroatoms. The lowest BCUT2D eigenvalue weighted by molar-refractivity contribution is 0.0499. The third-order valence-corrected chi connectivity index (χ3v) is 4.39. The maximum Gasteiger partial charge on any atom is 0.0687 e. The molecule has 1 heterocycles. The monoisotopic (exact) mass is 293 g/mol. The molecule has 0 saturated heterocycles. The Morgan fingerprint density at radius 3 is 2.76 bits per heavy atom. The average molecular weight is 293 g/mol. The molecule has 0 radical (unpaired) electrons. The Bertz CT molecular complexity index is 419. The van der Waals surface area contributed by atoms with E-state index in [0.717, 1.165) is 18.7 Å². The lowest BCUT2D eigenvalue weighted by atomic mass is 9.96. The first-order chi connectivity index (χ1) is 9.96. The number of nitrogens with one attached hydrogen (secondary N) is 1. The van der Waals surface area contributed by atoms with E-state index < -0.39 is 5.60 Å². The highest BCUT2D eigenvalue weighted by Crippen LogP contribution is 2.27. The van der Waals surface area contributed by atoms with Crippen molar-refractivity contribution in [1.29, 1.82) is 0 Å². The lowest BCUT2D eigenvalue weighted by Crippen LogP contribution is -2.34. The molecular weight excluding hydrogens is 262 g/mol. The Balaban J connectivity index is 1.85. The highest BCUT2D eigenvalue weighted by atomic mass is 16.3. The van der Waals surface area contributed by atoms with E-state index >= 15 is 0 Å². The van der Waals surface area contributed by atoms with Crippen LogP contribution in [0.1, 0.15) is 71.0 Å². The SMILES string of the molecule is CC(C)NCCC(C)(O)Cc1ccn(C2CCCCC2)n1. The largest absolute Gasteiger partial charge is 0.390 e. The second-order valence-electron chi connectivity index (χ2n) is 7.11. The summed E-state index contributed by atoms with van der Waals surface area (Å²) in [4.78, 5) is 0. The van der Waals surface area contributed by atoms with Crippen LogP contribution in [0.4, 0.5) is 0 Å². The van der Waals surface area contributed by atoms with E-state index in [-0.39, 0.29) is 0 Å². The molecule has 0 bridgehead atoms. The number of hydrogen-bond acceptors (Lipinski definition) is 3. The first-order valence-electron chi connectivity index (χ1n) is 8.46. The van der Waals surface area contributed by atoms with Gasteiger partial charge in [-0.2, -0.15) is 5.10 Å². The molecule has 0 aromatic carbocycles. The molecule has 2 rings (SSSR count). The van der Waals surface area contributed by atoms with Crippen LogP contribution in [0.15, 0.2) is 12.3 Å². The summed E-state index contributed by atoms with van der Waals surface area (Å²) in [6, 6.07) is 3.10.